The Morgan fingerprint density at radius 2 is 1.81 bits per heavy atom. The summed E-state index contributed by atoms with van der Waals surface area (Å²) in [6.45, 7) is 5.81. The summed E-state index contributed by atoms with van der Waals surface area (Å²) in [7, 11) is 3.47. The number of rotatable bonds is 2. The van der Waals surface area contributed by atoms with E-state index in [1.807, 2.05) is 39.0 Å². The highest BCUT2D eigenvalue weighted by atomic mass is 16.6. The monoisotopic (exact) mass is 291 g/mol. The maximum absolute atomic E-state index is 11.9. The Morgan fingerprint density at radius 1 is 1.19 bits per heavy atom. The van der Waals surface area contributed by atoms with Crippen LogP contribution in [0.15, 0.2) is 23.0 Å². The largest absolute Gasteiger partial charge is 0.444 e. The lowest BCUT2D eigenvalue weighted by atomic mass is 10.2. The number of nitrogens with zero attached hydrogens (tertiary/aromatic N) is 2. The van der Waals surface area contributed by atoms with Gasteiger partial charge in [0.05, 0.1) is 11.0 Å². The van der Waals surface area contributed by atoms with Gasteiger partial charge in [0.1, 0.15) is 5.60 Å². The zero-order valence-corrected chi connectivity index (χ0v) is 13.1. The molecule has 0 atom stereocenters. The first-order valence-electron chi connectivity index (χ1n) is 6.80. The smallest absolute Gasteiger partial charge is 0.407 e. The summed E-state index contributed by atoms with van der Waals surface area (Å²) in [5, 5.41) is 2.71. The van der Waals surface area contributed by atoms with Gasteiger partial charge in [0.25, 0.3) is 0 Å². The van der Waals surface area contributed by atoms with Crippen molar-refractivity contribution in [2.24, 2.45) is 14.1 Å². The molecule has 1 aromatic carbocycles. The highest BCUT2D eigenvalue weighted by molar-refractivity contribution is 5.77. The van der Waals surface area contributed by atoms with Crippen molar-refractivity contribution < 1.29 is 9.53 Å². The Morgan fingerprint density at radius 3 is 2.43 bits per heavy atom. The summed E-state index contributed by atoms with van der Waals surface area (Å²) in [5.41, 5.74) is 2.03. The van der Waals surface area contributed by atoms with Crippen LogP contribution in [0, 0.1) is 0 Å². The second kappa shape index (κ2) is 5.27. The molecule has 0 aliphatic carbocycles. The second-order valence-corrected chi connectivity index (χ2v) is 6.08. The van der Waals surface area contributed by atoms with Crippen molar-refractivity contribution >= 4 is 17.1 Å². The standard InChI is InChI=1S/C15H21N3O3/c1-15(2,3)21-13(19)16-9-10-6-7-11-12(8-10)18(5)14(20)17(11)4/h6-8H,9H2,1-5H3,(H,16,19). The fraction of sp³-hybridized carbons (Fsp3) is 0.467. The fourth-order valence-electron chi connectivity index (χ4n) is 2.15. The number of amides is 1. The lowest BCUT2D eigenvalue weighted by Crippen LogP contribution is -2.32. The Hall–Kier alpha value is -2.24. The maximum atomic E-state index is 11.9. The molecule has 0 unspecified atom stereocenters. The number of nitrogens with one attached hydrogen (secondary N) is 1. The first-order valence-corrected chi connectivity index (χ1v) is 6.80. The highest BCUT2D eigenvalue weighted by Gasteiger charge is 2.16. The molecule has 1 N–H and O–H groups in total. The number of benzene rings is 1. The van der Waals surface area contributed by atoms with Gasteiger partial charge in [-0.25, -0.2) is 9.59 Å². The fourth-order valence-corrected chi connectivity index (χ4v) is 2.15. The number of ether oxygens (including phenoxy) is 1. The van der Waals surface area contributed by atoms with E-state index in [4.69, 9.17) is 4.74 Å². The third-order valence-electron chi connectivity index (χ3n) is 3.17. The Kier molecular flexibility index (Phi) is 3.80. The number of imidazole rings is 1. The predicted molar refractivity (Wildman–Crippen MR) is 81.2 cm³/mol. The van der Waals surface area contributed by atoms with E-state index < -0.39 is 11.7 Å². The molecule has 0 spiro atoms. The van der Waals surface area contributed by atoms with E-state index >= 15 is 0 Å². The Balaban J connectivity index is 2.15. The molecule has 0 aliphatic heterocycles. The summed E-state index contributed by atoms with van der Waals surface area (Å²) in [4.78, 5) is 23.5. The summed E-state index contributed by atoms with van der Waals surface area (Å²) in [5.74, 6) is 0. The van der Waals surface area contributed by atoms with Gasteiger partial charge in [-0.05, 0) is 38.5 Å². The van der Waals surface area contributed by atoms with Crippen LogP contribution in [-0.4, -0.2) is 20.8 Å². The molecule has 0 bridgehead atoms. The first-order chi connectivity index (χ1) is 9.69. The van der Waals surface area contributed by atoms with E-state index in [1.54, 1.807) is 23.2 Å². The van der Waals surface area contributed by atoms with E-state index in [1.165, 1.54) is 0 Å². The molecule has 2 aromatic rings. The topological polar surface area (TPSA) is 65.3 Å². The minimum absolute atomic E-state index is 0.0674. The van der Waals surface area contributed by atoms with Gasteiger partial charge in [-0.1, -0.05) is 6.07 Å². The van der Waals surface area contributed by atoms with Crippen molar-refractivity contribution in [1.29, 1.82) is 0 Å². The van der Waals surface area contributed by atoms with Crippen molar-refractivity contribution in [2.45, 2.75) is 32.9 Å². The van der Waals surface area contributed by atoms with Crippen LogP contribution in [0.1, 0.15) is 26.3 Å². The number of fused-ring (bicyclic) bond motifs is 1. The molecule has 21 heavy (non-hydrogen) atoms. The number of alkyl carbamates (subject to hydrolysis) is 1. The minimum atomic E-state index is -0.517. The number of hydrogen-bond acceptors (Lipinski definition) is 3. The van der Waals surface area contributed by atoms with Crippen LogP contribution in [0.25, 0.3) is 11.0 Å². The predicted octanol–water partition coefficient (Wildman–Crippen LogP) is 1.90. The van der Waals surface area contributed by atoms with E-state index in [0.717, 1.165) is 16.6 Å². The van der Waals surface area contributed by atoms with Crippen molar-refractivity contribution in [3.05, 3.63) is 34.2 Å². The third kappa shape index (κ3) is 3.26. The molecule has 0 saturated heterocycles. The molecular formula is C15H21N3O3. The Labute approximate surface area is 123 Å². The lowest BCUT2D eigenvalue weighted by molar-refractivity contribution is 0.0523. The van der Waals surface area contributed by atoms with Gasteiger partial charge in [0.15, 0.2) is 0 Å². The molecule has 6 nitrogen and oxygen atoms in total. The lowest BCUT2D eigenvalue weighted by Gasteiger charge is -2.19. The third-order valence-corrected chi connectivity index (χ3v) is 3.17. The van der Waals surface area contributed by atoms with E-state index in [-0.39, 0.29) is 5.69 Å². The zero-order chi connectivity index (χ0) is 15.8. The van der Waals surface area contributed by atoms with E-state index in [2.05, 4.69) is 5.32 Å². The summed E-state index contributed by atoms with van der Waals surface area (Å²) in [6.07, 6.45) is -0.454. The second-order valence-electron chi connectivity index (χ2n) is 6.08. The summed E-state index contributed by atoms with van der Waals surface area (Å²) in [6, 6.07) is 5.66. The highest BCUT2D eigenvalue weighted by Crippen LogP contribution is 2.14. The quantitative estimate of drug-likeness (QED) is 0.919. The van der Waals surface area contributed by atoms with Gasteiger partial charge >= 0.3 is 11.8 Å². The summed E-state index contributed by atoms with van der Waals surface area (Å²) < 4.78 is 8.37. The molecule has 0 radical (unpaired) electrons. The number of carbonyl (C=O) groups excluding carboxylic acids is 1. The average molecular weight is 291 g/mol. The van der Waals surface area contributed by atoms with E-state index in [0.29, 0.717) is 6.54 Å². The molecular weight excluding hydrogens is 270 g/mol. The molecule has 0 aliphatic rings. The van der Waals surface area contributed by atoms with Crippen LogP contribution >= 0.6 is 0 Å². The van der Waals surface area contributed by atoms with Crippen molar-refractivity contribution in [2.75, 3.05) is 0 Å². The number of aromatic nitrogens is 2. The molecule has 6 heteroatoms. The zero-order valence-electron chi connectivity index (χ0n) is 13.1. The molecule has 1 heterocycles. The van der Waals surface area contributed by atoms with Gasteiger partial charge in [-0.15, -0.1) is 0 Å². The molecule has 0 saturated carbocycles. The van der Waals surface area contributed by atoms with Crippen molar-refractivity contribution in [3.8, 4) is 0 Å². The van der Waals surface area contributed by atoms with Crippen molar-refractivity contribution in [1.82, 2.24) is 14.5 Å². The normalized spacial score (nSPS) is 11.7. The van der Waals surface area contributed by atoms with Crippen molar-refractivity contribution in [3.63, 3.8) is 0 Å². The maximum Gasteiger partial charge on any atom is 0.407 e. The van der Waals surface area contributed by atoms with Crippen LogP contribution < -0.4 is 11.0 Å². The SMILES string of the molecule is Cn1c(=O)n(C)c2cc(CNC(=O)OC(C)(C)C)ccc21. The molecule has 114 valence electrons. The van der Waals surface area contributed by atoms with Crippen LogP contribution in [0.4, 0.5) is 4.79 Å². The van der Waals surface area contributed by atoms with Gasteiger partial charge in [-0.3, -0.25) is 9.13 Å². The van der Waals surface area contributed by atoms with Gasteiger partial charge in [-0.2, -0.15) is 0 Å². The first kappa shape index (κ1) is 15.2. The molecule has 2 rings (SSSR count). The van der Waals surface area contributed by atoms with Gasteiger partial charge in [0.2, 0.25) is 0 Å². The molecule has 1 amide bonds. The van der Waals surface area contributed by atoms with Gasteiger partial charge in [0, 0.05) is 20.6 Å². The number of hydrogen-bond donors (Lipinski definition) is 1. The average Bonchev–Trinajstić information content (AvgIpc) is 2.60. The number of aryl methyl sites for hydroxylation is 2. The van der Waals surface area contributed by atoms with Gasteiger partial charge < -0.3 is 10.1 Å². The summed E-state index contributed by atoms with van der Waals surface area (Å²) >= 11 is 0. The van der Waals surface area contributed by atoms with Crippen LogP contribution in [0.2, 0.25) is 0 Å². The van der Waals surface area contributed by atoms with Crippen LogP contribution in [0.5, 0.6) is 0 Å². The Bertz CT molecular complexity index is 735. The van der Waals surface area contributed by atoms with Crippen LogP contribution in [0.3, 0.4) is 0 Å². The minimum Gasteiger partial charge on any atom is -0.444 e. The molecule has 0 fully saturated rings. The van der Waals surface area contributed by atoms with E-state index in [9.17, 15) is 9.59 Å². The number of carbonyl (C=O) groups is 1. The molecule has 1 aromatic heterocycles. The van der Waals surface area contributed by atoms with Crippen LogP contribution in [-0.2, 0) is 25.4 Å².